The summed E-state index contributed by atoms with van der Waals surface area (Å²) in [5, 5.41) is 7.74. The van der Waals surface area contributed by atoms with Crippen LogP contribution in [0.3, 0.4) is 0 Å². The largest absolute Gasteiger partial charge is 0.348 e. The fraction of sp³-hybridized carbons (Fsp3) is 0.320. The van der Waals surface area contributed by atoms with E-state index in [0.29, 0.717) is 35.9 Å². The van der Waals surface area contributed by atoms with Gasteiger partial charge in [0, 0.05) is 25.2 Å². The maximum atomic E-state index is 12.9. The van der Waals surface area contributed by atoms with Crippen molar-refractivity contribution in [2.45, 2.75) is 46.2 Å². The number of anilines is 1. The van der Waals surface area contributed by atoms with Gasteiger partial charge in [0.2, 0.25) is 5.91 Å². The minimum atomic E-state index is -0.262. The molecule has 166 valence electrons. The van der Waals surface area contributed by atoms with Crippen molar-refractivity contribution in [3.63, 3.8) is 0 Å². The van der Waals surface area contributed by atoms with Crippen molar-refractivity contribution in [1.29, 1.82) is 0 Å². The molecule has 0 unspecified atom stereocenters. The molecule has 3 aromatic rings. The van der Waals surface area contributed by atoms with E-state index in [1.807, 2.05) is 60.4 Å². The lowest BCUT2D eigenvalue weighted by atomic mass is 10.1. The van der Waals surface area contributed by atoms with E-state index in [2.05, 4.69) is 10.4 Å². The molecular formula is C25H27ClN4O2. The minimum Gasteiger partial charge on any atom is -0.348 e. The number of aromatic nitrogens is 2. The van der Waals surface area contributed by atoms with Crippen molar-refractivity contribution in [3.8, 4) is 0 Å². The van der Waals surface area contributed by atoms with Gasteiger partial charge in [-0.3, -0.25) is 9.59 Å². The normalized spacial score (nSPS) is 14.0. The first-order chi connectivity index (χ1) is 15.4. The number of hydrogen-bond acceptors (Lipinski definition) is 3. The van der Waals surface area contributed by atoms with Crippen LogP contribution >= 0.6 is 11.6 Å². The predicted molar refractivity (Wildman–Crippen MR) is 126 cm³/mol. The predicted octanol–water partition coefficient (Wildman–Crippen LogP) is 4.65. The molecule has 7 heteroatoms. The van der Waals surface area contributed by atoms with Crippen LogP contribution in [0.4, 0.5) is 5.69 Å². The Kier molecular flexibility index (Phi) is 6.61. The van der Waals surface area contributed by atoms with Crippen LogP contribution < -0.4 is 10.2 Å². The van der Waals surface area contributed by atoms with E-state index in [0.717, 1.165) is 36.2 Å². The number of nitrogens with one attached hydrogen (secondary N) is 1. The number of carbonyl (C=O) groups excluding carboxylic acids is 2. The van der Waals surface area contributed by atoms with E-state index >= 15 is 0 Å². The number of benzene rings is 2. The molecule has 1 saturated heterocycles. The Morgan fingerprint density at radius 2 is 1.88 bits per heavy atom. The molecule has 2 aromatic carbocycles. The van der Waals surface area contributed by atoms with E-state index in [1.165, 1.54) is 5.56 Å². The molecule has 4 rings (SSSR count). The summed E-state index contributed by atoms with van der Waals surface area (Å²) in [5.74, 6) is -0.108. The van der Waals surface area contributed by atoms with Crippen LogP contribution in [0, 0.1) is 13.8 Å². The van der Waals surface area contributed by atoms with Gasteiger partial charge in [0.25, 0.3) is 5.91 Å². The van der Waals surface area contributed by atoms with Crippen molar-refractivity contribution in [1.82, 2.24) is 15.1 Å². The highest BCUT2D eigenvalue weighted by Gasteiger charge is 2.21. The maximum Gasteiger partial charge on any atom is 0.256 e. The number of rotatable bonds is 6. The molecule has 0 atom stereocenters. The standard InChI is InChI=1S/C25H27ClN4O2/c1-17-9-11-19(12-10-17)16-30-24(26)23(18(2)28-30)25(32)27-15-20-6-5-7-21(14-20)29-13-4-3-8-22(29)31/h5-7,9-12,14H,3-4,8,13,15-16H2,1-2H3,(H,27,32). The topological polar surface area (TPSA) is 67.2 Å². The second-order valence-corrected chi connectivity index (χ2v) is 8.61. The molecule has 2 amide bonds. The molecule has 1 N–H and O–H groups in total. The summed E-state index contributed by atoms with van der Waals surface area (Å²) < 4.78 is 1.65. The zero-order valence-electron chi connectivity index (χ0n) is 18.4. The van der Waals surface area contributed by atoms with Crippen LogP contribution in [0.5, 0.6) is 0 Å². The lowest BCUT2D eigenvalue weighted by Gasteiger charge is -2.27. The van der Waals surface area contributed by atoms with Gasteiger partial charge in [-0.25, -0.2) is 4.68 Å². The SMILES string of the molecule is Cc1ccc(Cn2nc(C)c(C(=O)NCc3cccc(N4CCCCC4=O)c3)c2Cl)cc1. The van der Waals surface area contributed by atoms with Crippen LogP contribution in [-0.2, 0) is 17.9 Å². The number of halogens is 1. The number of piperidine rings is 1. The highest BCUT2D eigenvalue weighted by molar-refractivity contribution is 6.33. The van der Waals surface area contributed by atoms with E-state index in [4.69, 9.17) is 11.6 Å². The zero-order valence-corrected chi connectivity index (χ0v) is 19.2. The lowest BCUT2D eigenvalue weighted by Crippen LogP contribution is -2.35. The summed E-state index contributed by atoms with van der Waals surface area (Å²) in [7, 11) is 0. The fourth-order valence-corrected chi connectivity index (χ4v) is 4.29. The second kappa shape index (κ2) is 9.57. The monoisotopic (exact) mass is 450 g/mol. The molecule has 1 aromatic heterocycles. The van der Waals surface area contributed by atoms with Gasteiger partial charge in [-0.15, -0.1) is 0 Å². The number of carbonyl (C=O) groups is 2. The molecule has 1 aliphatic rings. The average molecular weight is 451 g/mol. The van der Waals surface area contributed by atoms with Crippen LogP contribution in [0.25, 0.3) is 0 Å². The van der Waals surface area contributed by atoms with Crippen molar-refractivity contribution in [2.75, 3.05) is 11.4 Å². The molecule has 2 heterocycles. The van der Waals surface area contributed by atoms with Gasteiger partial charge < -0.3 is 10.2 Å². The molecule has 6 nitrogen and oxygen atoms in total. The molecule has 0 saturated carbocycles. The Morgan fingerprint density at radius 3 is 2.62 bits per heavy atom. The Labute approximate surface area is 193 Å². The summed E-state index contributed by atoms with van der Waals surface area (Å²) >= 11 is 6.53. The Hall–Kier alpha value is -3.12. The van der Waals surface area contributed by atoms with E-state index in [-0.39, 0.29) is 11.8 Å². The number of hydrogen-bond donors (Lipinski definition) is 1. The smallest absolute Gasteiger partial charge is 0.256 e. The molecular weight excluding hydrogens is 424 g/mol. The van der Waals surface area contributed by atoms with Gasteiger partial charge in [0.15, 0.2) is 0 Å². The quantitative estimate of drug-likeness (QED) is 0.594. The minimum absolute atomic E-state index is 0.154. The van der Waals surface area contributed by atoms with Crippen molar-refractivity contribution >= 4 is 29.1 Å². The summed E-state index contributed by atoms with van der Waals surface area (Å²) in [6, 6.07) is 15.9. The summed E-state index contributed by atoms with van der Waals surface area (Å²) in [6.07, 6.45) is 2.55. The van der Waals surface area contributed by atoms with E-state index in [9.17, 15) is 9.59 Å². The molecule has 0 radical (unpaired) electrons. The van der Waals surface area contributed by atoms with Crippen molar-refractivity contribution in [3.05, 3.63) is 81.6 Å². The lowest BCUT2D eigenvalue weighted by molar-refractivity contribution is -0.119. The summed E-state index contributed by atoms with van der Waals surface area (Å²) in [6.45, 7) is 5.41. The summed E-state index contributed by atoms with van der Waals surface area (Å²) in [5.41, 5.74) is 5.03. The Morgan fingerprint density at radius 1 is 1.09 bits per heavy atom. The van der Waals surface area contributed by atoms with E-state index < -0.39 is 0 Å². The maximum absolute atomic E-state index is 12.9. The van der Waals surface area contributed by atoms with Gasteiger partial charge in [-0.1, -0.05) is 53.6 Å². The Bertz CT molecular complexity index is 1140. The third-order valence-electron chi connectivity index (χ3n) is 5.74. The molecule has 1 fully saturated rings. The van der Waals surface area contributed by atoms with E-state index in [1.54, 1.807) is 11.6 Å². The highest BCUT2D eigenvalue weighted by atomic mass is 35.5. The van der Waals surface area contributed by atoms with Gasteiger partial charge in [0.1, 0.15) is 5.15 Å². The van der Waals surface area contributed by atoms with Crippen LogP contribution in [0.15, 0.2) is 48.5 Å². The van der Waals surface area contributed by atoms with Crippen LogP contribution in [-0.4, -0.2) is 28.1 Å². The van der Waals surface area contributed by atoms with Crippen molar-refractivity contribution in [2.24, 2.45) is 0 Å². The molecule has 1 aliphatic heterocycles. The van der Waals surface area contributed by atoms with Gasteiger partial charge >= 0.3 is 0 Å². The third kappa shape index (κ3) is 4.86. The van der Waals surface area contributed by atoms with Crippen LogP contribution in [0.1, 0.15) is 52.0 Å². The first kappa shape index (κ1) is 22.1. The third-order valence-corrected chi connectivity index (χ3v) is 6.13. The van der Waals surface area contributed by atoms with Gasteiger partial charge in [-0.05, 0) is 49.9 Å². The number of aryl methyl sites for hydroxylation is 2. The summed E-state index contributed by atoms with van der Waals surface area (Å²) in [4.78, 5) is 26.9. The second-order valence-electron chi connectivity index (χ2n) is 8.25. The zero-order chi connectivity index (χ0) is 22.7. The molecule has 0 bridgehead atoms. The first-order valence-electron chi connectivity index (χ1n) is 10.9. The first-order valence-corrected chi connectivity index (χ1v) is 11.3. The van der Waals surface area contributed by atoms with Gasteiger partial charge in [0.05, 0.1) is 17.8 Å². The fourth-order valence-electron chi connectivity index (χ4n) is 3.97. The number of nitrogens with zero attached hydrogens (tertiary/aromatic N) is 3. The molecule has 0 aliphatic carbocycles. The van der Waals surface area contributed by atoms with Crippen LogP contribution in [0.2, 0.25) is 5.15 Å². The average Bonchev–Trinajstić information content (AvgIpc) is 3.07. The number of amides is 2. The molecule has 0 spiro atoms. The Balaban J connectivity index is 1.44. The van der Waals surface area contributed by atoms with Gasteiger partial charge in [-0.2, -0.15) is 5.10 Å². The highest BCUT2D eigenvalue weighted by Crippen LogP contribution is 2.23. The molecule has 32 heavy (non-hydrogen) atoms. The van der Waals surface area contributed by atoms with Crippen molar-refractivity contribution < 1.29 is 9.59 Å².